The number of furan rings is 1. The molecule has 1 unspecified atom stereocenters. The Labute approximate surface area is 137 Å². The molecule has 122 valence electrons. The second kappa shape index (κ2) is 5.88. The third-order valence-electron chi connectivity index (χ3n) is 6.24. The van der Waals surface area contributed by atoms with E-state index in [-0.39, 0.29) is 6.04 Å². The van der Waals surface area contributed by atoms with Crippen molar-refractivity contribution >= 4 is 11.8 Å². The first kappa shape index (κ1) is 15.1. The smallest absolute Gasteiger partial charge is 0.121 e. The van der Waals surface area contributed by atoms with E-state index < -0.39 is 0 Å². The van der Waals surface area contributed by atoms with Crippen molar-refractivity contribution in [1.82, 2.24) is 0 Å². The van der Waals surface area contributed by atoms with Crippen molar-refractivity contribution in [3.8, 4) is 0 Å². The van der Waals surface area contributed by atoms with Crippen molar-refractivity contribution in [2.24, 2.45) is 34.6 Å². The molecule has 1 aromatic heterocycles. The standard InChI is InChI=1S/C18H28N2OS/c19-3-4-22-11-15-1-2-16(21-15)17(20)18-8-12-5-13(9-18)7-14(6-12)10-18/h1-2,12-14,17H,3-11,19-20H2. The van der Waals surface area contributed by atoms with Crippen LogP contribution in [0.1, 0.15) is 56.1 Å². The van der Waals surface area contributed by atoms with Crippen LogP contribution in [-0.2, 0) is 5.75 Å². The number of hydrogen-bond acceptors (Lipinski definition) is 4. The third-order valence-corrected chi connectivity index (χ3v) is 7.25. The van der Waals surface area contributed by atoms with Gasteiger partial charge in [0.1, 0.15) is 11.5 Å². The van der Waals surface area contributed by atoms with Crippen molar-refractivity contribution in [1.29, 1.82) is 0 Å². The van der Waals surface area contributed by atoms with Crippen LogP contribution in [-0.4, -0.2) is 12.3 Å². The summed E-state index contributed by atoms with van der Waals surface area (Å²) in [5, 5.41) is 0. The Kier molecular flexibility index (Phi) is 4.04. The lowest BCUT2D eigenvalue weighted by molar-refractivity contribution is -0.0710. The molecule has 4 bridgehead atoms. The maximum Gasteiger partial charge on any atom is 0.121 e. The zero-order chi connectivity index (χ0) is 15.2. The van der Waals surface area contributed by atoms with E-state index in [0.717, 1.165) is 47.3 Å². The maximum absolute atomic E-state index is 6.74. The molecule has 4 N–H and O–H groups in total. The molecule has 0 aliphatic heterocycles. The second-order valence-electron chi connectivity index (χ2n) is 7.90. The molecule has 0 saturated heterocycles. The van der Waals surface area contributed by atoms with E-state index in [4.69, 9.17) is 15.9 Å². The van der Waals surface area contributed by atoms with E-state index in [1.807, 2.05) is 11.8 Å². The van der Waals surface area contributed by atoms with Gasteiger partial charge in [0.25, 0.3) is 0 Å². The van der Waals surface area contributed by atoms with Gasteiger partial charge in [-0.25, -0.2) is 0 Å². The molecular formula is C18H28N2OS. The normalized spacial score (nSPS) is 37.6. The molecule has 4 saturated carbocycles. The first-order valence-electron chi connectivity index (χ1n) is 8.80. The summed E-state index contributed by atoms with van der Waals surface area (Å²) in [5.41, 5.74) is 12.6. The van der Waals surface area contributed by atoms with Gasteiger partial charge in [-0.15, -0.1) is 0 Å². The molecule has 4 fully saturated rings. The van der Waals surface area contributed by atoms with Gasteiger partial charge in [-0.05, 0) is 73.8 Å². The number of nitrogens with two attached hydrogens (primary N) is 2. The van der Waals surface area contributed by atoms with Crippen LogP contribution < -0.4 is 11.5 Å². The number of rotatable bonds is 6. The molecule has 1 heterocycles. The molecule has 4 aliphatic carbocycles. The Morgan fingerprint density at radius 1 is 1.14 bits per heavy atom. The molecule has 22 heavy (non-hydrogen) atoms. The Morgan fingerprint density at radius 3 is 2.36 bits per heavy atom. The summed E-state index contributed by atoms with van der Waals surface area (Å²) in [4.78, 5) is 0. The highest BCUT2D eigenvalue weighted by atomic mass is 32.2. The zero-order valence-electron chi connectivity index (χ0n) is 13.3. The van der Waals surface area contributed by atoms with E-state index in [0.29, 0.717) is 5.41 Å². The van der Waals surface area contributed by atoms with Crippen molar-refractivity contribution in [3.05, 3.63) is 23.7 Å². The summed E-state index contributed by atoms with van der Waals surface area (Å²) in [7, 11) is 0. The van der Waals surface area contributed by atoms with Gasteiger partial charge < -0.3 is 15.9 Å². The monoisotopic (exact) mass is 320 g/mol. The molecule has 0 spiro atoms. The summed E-state index contributed by atoms with van der Waals surface area (Å²) < 4.78 is 6.09. The second-order valence-corrected chi connectivity index (χ2v) is 9.01. The lowest BCUT2D eigenvalue weighted by atomic mass is 9.47. The summed E-state index contributed by atoms with van der Waals surface area (Å²) in [6, 6.07) is 4.33. The molecule has 0 aromatic carbocycles. The van der Waals surface area contributed by atoms with Crippen LogP contribution in [0.15, 0.2) is 16.5 Å². The molecule has 0 radical (unpaired) electrons. The lowest BCUT2D eigenvalue weighted by Gasteiger charge is -2.58. The van der Waals surface area contributed by atoms with Crippen molar-refractivity contribution in [2.75, 3.05) is 12.3 Å². The van der Waals surface area contributed by atoms with Gasteiger partial charge in [0, 0.05) is 12.3 Å². The average molecular weight is 321 g/mol. The highest BCUT2D eigenvalue weighted by Gasteiger charge is 2.54. The van der Waals surface area contributed by atoms with E-state index >= 15 is 0 Å². The fourth-order valence-electron chi connectivity index (χ4n) is 5.76. The van der Waals surface area contributed by atoms with Crippen molar-refractivity contribution < 1.29 is 4.42 Å². The van der Waals surface area contributed by atoms with E-state index in [1.165, 1.54) is 38.5 Å². The quantitative estimate of drug-likeness (QED) is 0.785. The van der Waals surface area contributed by atoms with Gasteiger partial charge in [-0.3, -0.25) is 0 Å². The molecule has 5 rings (SSSR count). The number of thioether (sulfide) groups is 1. The zero-order valence-corrected chi connectivity index (χ0v) is 14.1. The summed E-state index contributed by atoms with van der Waals surface area (Å²) in [6.07, 6.45) is 8.38. The van der Waals surface area contributed by atoms with Crippen LogP contribution in [0.2, 0.25) is 0 Å². The third kappa shape index (κ3) is 2.63. The minimum Gasteiger partial charge on any atom is -0.464 e. The molecule has 4 heteroatoms. The fourth-order valence-corrected chi connectivity index (χ4v) is 6.42. The molecule has 3 nitrogen and oxygen atoms in total. The Bertz CT molecular complexity index is 492. The van der Waals surface area contributed by atoms with Crippen molar-refractivity contribution in [2.45, 2.75) is 50.3 Å². The van der Waals surface area contributed by atoms with Crippen LogP contribution in [0.25, 0.3) is 0 Å². The van der Waals surface area contributed by atoms with Crippen LogP contribution in [0.4, 0.5) is 0 Å². The van der Waals surface area contributed by atoms with Gasteiger partial charge in [0.15, 0.2) is 0 Å². The van der Waals surface area contributed by atoms with Crippen LogP contribution in [0, 0.1) is 23.2 Å². The first-order valence-corrected chi connectivity index (χ1v) is 9.96. The Balaban J connectivity index is 1.48. The average Bonchev–Trinajstić information content (AvgIpc) is 2.94. The van der Waals surface area contributed by atoms with Crippen molar-refractivity contribution in [3.63, 3.8) is 0 Å². The molecule has 0 amide bonds. The van der Waals surface area contributed by atoms with Crippen LogP contribution in [0.3, 0.4) is 0 Å². The largest absolute Gasteiger partial charge is 0.464 e. The van der Waals surface area contributed by atoms with Gasteiger partial charge in [0.2, 0.25) is 0 Å². The lowest BCUT2D eigenvalue weighted by Crippen LogP contribution is -2.50. The van der Waals surface area contributed by atoms with Gasteiger partial charge in [-0.2, -0.15) is 11.8 Å². The predicted molar refractivity (Wildman–Crippen MR) is 91.5 cm³/mol. The molecule has 4 aliphatic rings. The minimum atomic E-state index is 0.0918. The maximum atomic E-state index is 6.74. The van der Waals surface area contributed by atoms with E-state index in [1.54, 1.807) is 0 Å². The highest BCUT2D eigenvalue weighted by Crippen LogP contribution is 2.63. The highest BCUT2D eigenvalue weighted by molar-refractivity contribution is 7.98. The summed E-state index contributed by atoms with van der Waals surface area (Å²) >= 11 is 1.83. The van der Waals surface area contributed by atoms with E-state index in [2.05, 4.69) is 12.1 Å². The topological polar surface area (TPSA) is 65.2 Å². The number of hydrogen-bond donors (Lipinski definition) is 2. The summed E-state index contributed by atoms with van der Waals surface area (Å²) in [5.74, 6) is 6.77. The Morgan fingerprint density at radius 2 is 1.77 bits per heavy atom. The first-order chi connectivity index (χ1) is 10.7. The van der Waals surface area contributed by atoms with Gasteiger partial charge >= 0.3 is 0 Å². The SMILES string of the molecule is NCCSCc1ccc(C(N)C23CC4CC(CC(C4)C2)C3)o1. The van der Waals surface area contributed by atoms with Gasteiger partial charge in [-0.1, -0.05) is 0 Å². The molecule has 1 atom stereocenters. The van der Waals surface area contributed by atoms with Crippen LogP contribution in [0.5, 0.6) is 0 Å². The fraction of sp³-hybridized carbons (Fsp3) is 0.778. The van der Waals surface area contributed by atoms with E-state index in [9.17, 15) is 0 Å². The minimum absolute atomic E-state index is 0.0918. The Hall–Kier alpha value is -0.450. The molecular weight excluding hydrogens is 292 g/mol. The molecule has 1 aromatic rings. The summed E-state index contributed by atoms with van der Waals surface area (Å²) in [6.45, 7) is 0.727. The van der Waals surface area contributed by atoms with Crippen LogP contribution >= 0.6 is 11.8 Å². The predicted octanol–water partition coefficient (Wildman–Crippen LogP) is 3.69. The van der Waals surface area contributed by atoms with Gasteiger partial charge in [0.05, 0.1) is 11.8 Å².